The quantitative estimate of drug-likeness (QED) is 0.628. The Kier molecular flexibility index (Phi) is 9.12. The SMILES string of the molecule is COCCN1CCC(CN(C[C@H]2CCCO2)C(=O)c2cccc(C#CC(C)(C)O)c2)CC1. The molecular formula is C26H38N2O4. The van der Waals surface area contributed by atoms with Crippen molar-refractivity contribution in [1.82, 2.24) is 9.80 Å². The molecule has 1 aromatic carbocycles. The van der Waals surface area contributed by atoms with E-state index >= 15 is 0 Å². The second-order valence-electron chi connectivity index (χ2n) is 9.51. The Balaban J connectivity index is 1.68. The number of piperidine rings is 1. The Morgan fingerprint density at radius 3 is 2.72 bits per heavy atom. The number of methoxy groups -OCH3 is 1. The highest BCUT2D eigenvalue weighted by molar-refractivity contribution is 5.94. The highest BCUT2D eigenvalue weighted by Gasteiger charge is 2.28. The molecule has 6 nitrogen and oxygen atoms in total. The first-order valence-electron chi connectivity index (χ1n) is 11.8. The maximum absolute atomic E-state index is 13.5. The molecule has 1 N–H and O–H groups in total. The molecule has 32 heavy (non-hydrogen) atoms. The fourth-order valence-corrected chi connectivity index (χ4v) is 4.34. The minimum atomic E-state index is -1.07. The Labute approximate surface area is 192 Å². The number of rotatable bonds is 8. The summed E-state index contributed by atoms with van der Waals surface area (Å²) < 4.78 is 11.1. The summed E-state index contributed by atoms with van der Waals surface area (Å²) in [7, 11) is 1.74. The Hall–Kier alpha value is -1.91. The van der Waals surface area contributed by atoms with Crippen LogP contribution >= 0.6 is 0 Å². The number of carbonyl (C=O) groups excluding carboxylic acids is 1. The van der Waals surface area contributed by atoms with E-state index in [-0.39, 0.29) is 12.0 Å². The number of carbonyl (C=O) groups is 1. The van der Waals surface area contributed by atoms with Crippen molar-refractivity contribution in [2.45, 2.75) is 51.2 Å². The van der Waals surface area contributed by atoms with E-state index < -0.39 is 5.60 Å². The molecule has 2 fully saturated rings. The van der Waals surface area contributed by atoms with Gasteiger partial charge in [-0.1, -0.05) is 17.9 Å². The molecule has 0 radical (unpaired) electrons. The molecule has 0 unspecified atom stereocenters. The van der Waals surface area contributed by atoms with Gasteiger partial charge in [-0.3, -0.25) is 4.79 Å². The van der Waals surface area contributed by atoms with Gasteiger partial charge in [0.1, 0.15) is 5.60 Å². The minimum absolute atomic E-state index is 0.0363. The molecule has 2 saturated heterocycles. The average molecular weight is 443 g/mol. The van der Waals surface area contributed by atoms with Crippen LogP contribution in [-0.2, 0) is 9.47 Å². The van der Waals surface area contributed by atoms with Gasteiger partial charge in [0.05, 0.1) is 12.7 Å². The van der Waals surface area contributed by atoms with Gasteiger partial charge in [-0.15, -0.1) is 0 Å². The minimum Gasteiger partial charge on any atom is -0.383 e. The molecule has 2 heterocycles. The van der Waals surface area contributed by atoms with Crippen LogP contribution in [0.2, 0.25) is 0 Å². The third-order valence-corrected chi connectivity index (χ3v) is 6.15. The summed E-state index contributed by atoms with van der Waals surface area (Å²) in [6.07, 6.45) is 4.38. The highest BCUT2D eigenvalue weighted by Crippen LogP contribution is 2.22. The second kappa shape index (κ2) is 11.8. The lowest BCUT2D eigenvalue weighted by Crippen LogP contribution is -2.44. The first-order chi connectivity index (χ1) is 15.3. The molecule has 2 aliphatic heterocycles. The normalized spacial score (nSPS) is 20.1. The number of likely N-dealkylation sites (tertiary alicyclic amines) is 1. The molecule has 1 atom stereocenters. The Morgan fingerprint density at radius 1 is 1.28 bits per heavy atom. The van der Waals surface area contributed by atoms with E-state index in [9.17, 15) is 9.90 Å². The predicted octanol–water partition coefficient (Wildman–Crippen LogP) is 2.79. The van der Waals surface area contributed by atoms with Gasteiger partial charge in [-0.25, -0.2) is 0 Å². The van der Waals surface area contributed by atoms with Crippen molar-refractivity contribution in [3.05, 3.63) is 35.4 Å². The van der Waals surface area contributed by atoms with Crippen LogP contribution in [0, 0.1) is 17.8 Å². The number of benzene rings is 1. The van der Waals surface area contributed by atoms with Crippen LogP contribution in [0.1, 0.15) is 55.5 Å². The largest absolute Gasteiger partial charge is 0.383 e. The zero-order valence-corrected chi connectivity index (χ0v) is 19.8. The number of ether oxygens (including phenoxy) is 2. The summed E-state index contributed by atoms with van der Waals surface area (Å²) in [4.78, 5) is 17.9. The number of hydrogen-bond donors (Lipinski definition) is 1. The van der Waals surface area contributed by atoms with Gasteiger partial charge in [-0.2, -0.15) is 0 Å². The van der Waals surface area contributed by atoms with Crippen LogP contribution in [0.25, 0.3) is 0 Å². The standard InChI is InChI=1S/C26H38N2O4/c1-26(2,30)12-9-21-6-4-7-23(18-21)25(29)28(20-24-8-5-16-32-24)19-22-10-13-27(14-11-22)15-17-31-3/h4,6-7,18,22,24,30H,5,8,10-11,13-17,19-20H2,1-3H3/t24-/m1/s1. The van der Waals surface area contributed by atoms with Crippen molar-refractivity contribution >= 4 is 5.91 Å². The maximum atomic E-state index is 13.5. The second-order valence-corrected chi connectivity index (χ2v) is 9.51. The summed E-state index contributed by atoms with van der Waals surface area (Å²) in [5, 5.41) is 9.88. The molecule has 0 spiro atoms. The molecule has 0 aromatic heterocycles. The van der Waals surface area contributed by atoms with Gasteiger partial charge in [0.2, 0.25) is 0 Å². The molecule has 2 aliphatic rings. The van der Waals surface area contributed by atoms with Gasteiger partial charge >= 0.3 is 0 Å². The van der Waals surface area contributed by atoms with Crippen LogP contribution in [0.5, 0.6) is 0 Å². The molecular weight excluding hydrogens is 404 g/mol. The average Bonchev–Trinajstić information content (AvgIpc) is 3.29. The van der Waals surface area contributed by atoms with Crippen molar-refractivity contribution in [2.24, 2.45) is 5.92 Å². The highest BCUT2D eigenvalue weighted by atomic mass is 16.5. The van der Waals surface area contributed by atoms with Gasteiger partial charge in [0.15, 0.2) is 0 Å². The lowest BCUT2D eigenvalue weighted by molar-refractivity contribution is 0.0437. The maximum Gasteiger partial charge on any atom is 0.253 e. The fraction of sp³-hybridized carbons (Fsp3) is 0.654. The van der Waals surface area contributed by atoms with Crippen LogP contribution in [-0.4, -0.2) is 85.6 Å². The third kappa shape index (κ3) is 7.90. The monoisotopic (exact) mass is 442 g/mol. The molecule has 176 valence electrons. The fourth-order valence-electron chi connectivity index (χ4n) is 4.34. The Bertz CT molecular complexity index is 794. The molecule has 0 aliphatic carbocycles. The van der Waals surface area contributed by atoms with Crippen molar-refractivity contribution < 1.29 is 19.4 Å². The summed E-state index contributed by atoms with van der Waals surface area (Å²) in [6, 6.07) is 7.42. The van der Waals surface area contributed by atoms with Gasteiger partial charge < -0.3 is 24.4 Å². The van der Waals surface area contributed by atoms with Crippen LogP contribution in [0.15, 0.2) is 24.3 Å². The first-order valence-corrected chi connectivity index (χ1v) is 11.8. The zero-order valence-electron chi connectivity index (χ0n) is 19.8. The predicted molar refractivity (Wildman–Crippen MR) is 126 cm³/mol. The summed E-state index contributed by atoms with van der Waals surface area (Å²) in [5.74, 6) is 6.34. The Morgan fingerprint density at radius 2 is 2.06 bits per heavy atom. The van der Waals surface area contributed by atoms with Gasteiger partial charge in [0, 0.05) is 44.5 Å². The van der Waals surface area contributed by atoms with E-state index in [4.69, 9.17) is 9.47 Å². The molecule has 3 rings (SSSR count). The van der Waals surface area contributed by atoms with Crippen LogP contribution in [0.3, 0.4) is 0 Å². The number of nitrogens with zero attached hydrogens (tertiary/aromatic N) is 2. The van der Waals surface area contributed by atoms with E-state index in [1.807, 2.05) is 29.2 Å². The van der Waals surface area contributed by atoms with E-state index in [1.165, 1.54) is 0 Å². The molecule has 6 heteroatoms. The third-order valence-electron chi connectivity index (χ3n) is 6.15. The molecule has 0 bridgehead atoms. The molecule has 0 saturated carbocycles. The summed E-state index contributed by atoms with van der Waals surface area (Å²) in [5.41, 5.74) is 0.314. The van der Waals surface area contributed by atoms with Crippen molar-refractivity contribution in [3.63, 3.8) is 0 Å². The van der Waals surface area contributed by atoms with Gasteiger partial charge in [0.25, 0.3) is 5.91 Å². The van der Waals surface area contributed by atoms with Crippen molar-refractivity contribution in [1.29, 1.82) is 0 Å². The van der Waals surface area contributed by atoms with E-state index in [1.54, 1.807) is 21.0 Å². The smallest absolute Gasteiger partial charge is 0.253 e. The lowest BCUT2D eigenvalue weighted by atomic mass is 9.95. The van der Waals surface area contributed by atoms with Crippen molar-refractivity contribution in [2.75, 3.05) is 53.0 Å². The van der Waals surface area contributed by atoms with E-state index in [2.05, 4.69) is 16.7 Å². The summed E-state index contributed by atoms with van der Waals surface area (Å²) >= 11 is 0. The first kappa shape index (κ1) is 24.7. The topological polar surface area (TPSA) is 62.2 Å². The molecule has 1 amide bonds. The van der Waals surface area contributed by atoms with E-state index in [0.29, 0.717) is 18.0 Å². The van der Waals surface area contributed by atoms with Crippen LogP contribution in [0.4, 0.5) is 0 Å². The van der Waals surface area contributed by atoms with Crippen LogP contribution < -0.4 is 0 Å². The number of aliphatic hydroxyl groups is 1. The number of hydrogen-bond acceptors (Lipinski definition) is 5. The van der Waals surface area contributed by atoms with Crippen molar-refractivity contribution in [3.8, 4) is 11.8 Å². The molecule has 1 aromatic rings. The number of amides is 1. The summed E-state index contributed by atoms with van der Waals surface area (Å²) in [6.45, 7) is 9.33. The lowest BCUT2D eigenvalue weighted by Gasteiger charge is -2.35. The van der Waals surface area contributed by atoms with E-state index in [0.717, 1.165) is 70.6 Å². The zero-order chi connectivity index (χ0) is 23.0. The van der Waals surface area contributed by atoms with Gasteiger partial charge in [-0.05, 0) is 76.7 Å².